The predicted molar refractivity (Wildman–Crippen MR) is 112 cm³/mol. The Morgan fingerprint density at radius 2 is 1.89 bits per heavy atom. The molecule has 0 unspecified atom stereocenters. The van der Waals surface area contributed by atoms with E-state index in [-0.39, 0.29) is 12.6 Å². The van der Waals surface area contributed by atoms with Gasteiger partial charge in [-0.1, -0.05) is 40.2 Å². The van der Waals surface area contributed by atoms with Crippen LogP contribution in [0, 0.1) is 0 Å². The highest BCUT2D eigenvalue weighted by Crippen LogP contribution is 2.33. The molecule has 144 valence electrons. The third-order valence-electron chi connectivity index (χ3n) is 4.68. The van der Waals surface area contributed by atoms with Gasteiger partial charge in [-0.3, -0.25) is 0 Å². The summed E-state index contributed by atoms with van der Waals surface area (Å²) in [6.07, 6.45) is 3.44. The molecule has 0 saturated carbocycles. The largest absolute Gasteiger partial charge is 0.497 e. The van der Waals surface area contributed by atoms with Crippen LogP contribution in [-0.4, -0.2) is 33.6 Å². The number of ether oxygens (including phenoxy) is 1. The topological polar surface area (TPSA) is 72.2 Å². The van der Waals surface area contributed by atoms with Crippen molar-refractivity contribution in [1.82, 2.24) is 14.8 Å². The standard InChI is InChI=1S/C21H21BrN4O2/c1-28-17-10-6-15(7-11-17)19-13-18(14-4-8-16(22)9-5-14)23-21-24-20(3-2-12-27)25-26(19)21/h4-11,13,19,27H,2-3,12H2,1H3,(H,23,24,25)/t19-/m0/s1. The van der Waals surface area contributed by atoms with E-state index in [2.05, 4.69) is 49.5 Å². The van der Waals surface area contributed by atoms with Crippen LogP contribution in [0.15, 0.2) is 59.1 Å². The minimum absolute atomic E-state index is 0.0869. The number of nitrogens with zero attached hydrogens (tertiary/aromatic N) is 3. The number of hydrogen-bond acceptors (Lipinski definition) is 5. The maximum atomic E-state index is 9.12. The third kappa shape index (κ3) is 3.81. The fraction of sp³-hybridized carbons (Fsp3) is 0.238. The van der Waals surface area contributed by atoms with E-state index in [4.69, 9.17) is 9.84 Å². The first-order chi connectivity index (χ1) is 13.7. The molecule has 0 saturated heterocycles. The Bertz CT molecular complexity index is 981. The zero-order valence-electron chi connectivity index (χ0n) is 15.5. The molecule has 0 aliphatic carbocycles. The van der Waals surface area contributed by atoms with E-state index in [0.29, 0.717) is 18.8 Å². The number of rotatable bonds is 6. The lowest BCUT2D eigenvalue weighted by molar-refractivity contribution is 0.287. The summed E-state index contributed by atoms with van der Waals surface area (Å²) in [6.45, 7) is 0.127. The van der Waals surface area contributed by atoms with Crippen LogP contribution in [0.1, 0.15) is 29.4 Å². The molecule has 1 aliphatic rings. The van der Waals surface area contributed by atoms with E-state index in [1.54, 1.807) is 7.11 Å². The van der Waals surface area contributed by atoms with Gasteiger partial charge in [0, 0.05) is 23.2 Å². The number of nitrogens with one attached hydrogen (secondary N) is 1. The van der Waals surface area contributed by atoms with E-state index in [1.165, 1.54) is 0 Å². The molecule has 6 nitrogen and oxygen atoms in total. The van der Waals surface area contributed by atoms with Crippen LogP contribution in [0.3, 0.4) is 0 Å². The van der Waals surface area contributed by atoms with Crippen molar-refractivity contribution < 1.29 is 9.84 Å². The Hall–Kier alpha value is -2.64. The maximum Gasteiger partial charge on any atom is 0.226 e. The summed E-state index contributed by atoms with van der Waals surface area (Å²) >= 11 is 3.49. The Morgan fingerprint density at radius 1 is 1.14 bits per heavy atom. The normalized spacial score (nSPS) is 15.5. The van der Waals surface area contributed by atoms with E-state index in [0.717, 1.165) is 32.9 Å². The van der Waals surface area contributed by atoms with Gasteiger partial charge in [0.2, 0.25) is 5.95 Å². The van der Waals surface area contributed by atoms with Crippen LogP contribution in [-0.2, 0) is 6.42 Å². The smallest absolute Gasteiger partial charge is 0.226 e. The van der Waals surface area contributed by atoms with Crippen LogP contribution >= 0.6 is 15.9 Å². The van der Waals surface area contributed by atoms with Gasteiger partial charge >= 0.3 is 0 Å². The lowest BCUT2D eigenvalue weighted by atomic mass is 10.0. The number of aryl methyl sites for hydroxylation is 1. The molecule has 0 fully saturated rings. The molecule has 0 bridgehead atoms. The lowest BCUT2D eigenvalue weighted by Crippen LogP contribution is -2.20. The molecule has 0 spiro atoms. The lowest BCUT2D eigenvalue weighted by Gasteiger charge is -2.24. The van der Waals surface area contributed by atoms with Crippen LogP contribution in [0.5, 0.6) is 5.75 Å². The molecule has 1 atom stereocenters. The Labute approximate surface area is 172 Å². The van der Waals surface area contributed by atoms with Gasteiger partial charge in [-0.05, 0) is 47.9 Å². The number of aliphatic hydroxyl groups excluding tert-OH is 1. The fourth-order valence-electron chi connectivity index (χ4n) is 3.22. The van der Waals surface area contributed by atoms with E-state index in [1.807, 2.05) is 41.1 Å². The van der Waals surface area contributed by atoms with Crippen molar-refractivity contribution in [3.63, 3.8) is 0 Å². The monoisotopic (exact) mass is 440 g/mol. The van der Waals surface area contributed by atoms with Gasteiger partial charge in [-0.2, -0.15) is 10.1 Å². The molecule has 2 aromatic carbocycles. The van der Waals surface area contributed by atoms with Crippen molar-refractivity contribution in [2.45, 2.75) is 18.9 Å². The second kappa shape index (κ2) is 8.16. The first kappa shape index (κ1) is 18.7. The van der Waals surface area contributed by atoms with Crippen molar-refractivity contribution in [3.05, 3.63) is 76.0 Å². The maximum absolute atomic E-state index is 9.12. The van der Waals surface area contributed by atoms with Crippen LogP contribution in [0.4, 0.5) is 5.95 Å². The highest BCUT2D eigenvalue weighted by Gasteiger charge is 2.25. The number of halogens is 1. The molecule has 3 aromatic rings. The summed E-state index contributed by atoms with van der Waals surface area (Å²) in [7, 11) is 1.66. The minimum Gasteiger partial charge on any atom is -0.497 e. The molecular weight excluding hydrogens is 420 g/mol. The van der Waals surface area contributed by atoms with Gasteiger partial charge in [0.25, 0.3) is 0 Å². The average Bonchev–Trinajstić information content (AvgIpc) is 3.15. The van der Waals surface area contributed by atoms with Gasteiger partial charge in [-0.15, -0.1) is 0 Å². The third-order valence-corrected chi connectivity index (χ3v) is 5.21. The molecule has 7 heteroatoms. The van der Waals surface area contributed by atoms with Crippen molar-refractivity contribution in [2.75, 3.05) is 19.0 Å². The number of benzene rings is 2. The van der Waals surface area contributed by atoms with Gasteiger partial charge < -0.3 is 15.2 Å². The number of allylic oxidation sites excluding steroid dienone is 1. The summed E-state index contributed by atoms with van der Waals surface area (Å²) in [5.74, 6) is 2.24. The fourth-order valence-corrected chi connectivity index (χ4v) is 3.48. The molecule has 1 aromatic heterocycles. The quantitative estimate of drug-likeness (QED) is 0.605. The molecule has 2 N–H and O–H groups in total. The zero-order chi connectivity index (χ0) is 19.5. The predicted octanol–water partition coefficient (Wildman–Crippen LogP) is 4.03. The second-order valence-electron chi connectivity index (χ2n) is 6.55. The molecule has 0 amide bonds. The Kier molecular flexibility index (Phi) is 5.45. The van der Waals surface area contributed by atoms with Crippen LogP contribution < -0.4 is 10.1 Å². The van der Waals surface area contributed by atoms with Gasteiger partial charge in [0.1, 0.15) is 11.8 Å². The number of hydrogen-bond donors (Lipinski definition) is 2. The van der Waals surface area contributed by atoms with E-state index >= 15 is 0 Å². The Balaban J connectivity index is 1.75. The summed E-state index contributed by atoms with van der Waals surface area (Å²) in [5.41, 5.74) is 3.16. The number of aliphatic hydroxyl groups is 1. The summed E-state index contributed by atoms with van der Waals surface area (Å²) in [4.78, 5) is 4.65. The highest BCUT2D eigenvalue weighted by molar-refractivity contribution is 9.10. The number of aromatic nitrogens is 3. The van der Waals surface area contributed by atoms with Crippen LogP contribution in [0.2, 0.25) is 0 Å². The number of anilines is 1. The molecule has 0 radical (unpaired) electrons. The zero-order valence-corrected chi connectivity index (χ0v) is 17.1. The Morgan fingerprint density at radius 3 is 2.57 bits per heavy atom. The summed E-state index contributed by atoms with van der Waals surface area (Å²) in [6, 6.07) is 16.1. The summed E-state index contributed by atoms with van der Waals surface area (Å²) < 4.78 is 8.22. The molecular formula is C21H21BrN4O2. The van der Waals surface area contributed by atoms with Crippen LogP contribution in [0.25, 0.3) is 5.70 Å². The first-order valence-corrected chi connectivity index (χ1v) is 9.92. The average molecular weight is 441 g/mol. The van der Waals surface area contributed by atoms with E-state index < -0.39 is 0 Å². The van der Waals surface area contributed by atoms with Gasteiger partial charge in [-0.25, -0.2) is 4.68 Å². The molecule has 28 heavy (non-hydrogen) atoms. The molecule has 4 rings (SSSR count). The SMILES string of the molecule is COc1ccc([C@@H]2C=C(c3ccc(Br)cc3)Nc3nc(CCCO)nn32)cc1. The van der Waals surface area contributed by atoms with E-state index in [9.17, 15) is 0 Å². The van der Waals surface area contributed by atoms with Gasteiger partial charge in [0.15, 0.2) is 5.82 Å². The van der Waals surface area contributed by atoms with Crippen molar-refractivity contribution in [2.24, 2.45) is 0 Å². The van der Waals surface area contributed by atoms with Gasteiger partial charge in [0.05, 0.1) is 7.11 Å². The van der Waals surface area contributed by atoms with Crippen molar-refractivity contribution >= 4 is 27.6 Å². The molecule has 1 aliphatic heterocycles. The second-order valence-corrected chi connectivity index (χ2v) is 7.47. The molecule has 2 heterocycles. The first-order valence-electron chi connectivity index (χ1n) is 9.13. The summed E-state index contributed by atoms with van der Waals surface area (Å²) in [5, 5.41) is 17.2. The van der Waals surface area contributed by atoms with Crippen molar-refractivity contribution in [1.29, 1.82) is 0 Å². The number of methoxy groups -OCH3 is 1. The van der Waals surface area contributed by atoms with Crippen molar-refractivity contribution in [3.8, 4) is 5.75 Å². The number of fused-ring (bicyclic) bond motifs is 1. The highest BCUT2D eigenvalue weighted by atomic mass is 79.9. The minimum atomic E-state index is -0.0869.